The lowest BCUT2D eigenvalue weighted by Gasteiger charge is -2.14. The maximum atomic E-state index is 12.2. The zero-order valence-corrected chi connectivity index (χ0v) is 16.2. The number of hydrogen-bond donors (Lipinski definition) is 0. The molecular weight excluding hydrogens is 381 g/mol. The first-order chi connectivity index (χ1) is 10.8. The van der Waals surface area contributed by atoms with E-state index in [9.17, 15) is 9.36 Å². The van der Waals surface area contributed by atoms with E-state index in [1.807, 2.05) is 36.9 Å². The number of ketones is 1. The van der Waals surface area contributed by atoms with Crippen LogP contribution in [0.15, 0.2) is 28.9 Å². The molecule has 0 saturated carbocycles. The van der Waals surface area contributed by atoms with Crippen molar-refractivity contribution in [1.82, 2.24) is 4.57 Å². The van der Waals surface area contributed by atoms with Crippen LogP contribution in [0.3, 0.4) is 0 Å². The largest absolute Gasteiger partial charge is 0.350 e. The summed E-state index contributed by atoms with van der Waals surface area (Å²) in [6.07, 6.45) is 2.14. The van der Waals surface area contributed by atoms with Crippen LogP contribution < -0.4 is 0 Å². The standard InChI is InChI=1S/C16H21BrNO4P/c1-11(7-13(19)10-23(20,21-3)22-4)15-9-18(2)16-6-5-12(17)8-14(15)16/h5-6,8-9,11H,7,10H2,1-4H3/t11-/m0/s1. The summed E-state index contributed by atoms with van der Waals surface area (Å²) >= 11 is 3.49. The van der Waals surface area contributed by atoms with Crippen LogP contribution >= 0.6 is 23.5 Å². The lowest BCUT2D eigenvalue weighted by molar-refractivity contribution is -0.117. The van der Waals surface area contributed by atoms with Gasteiger partial charge in [-0.3, -0.25) is 9.36 Å². The van der Waals surface area contributed by atoms with Crippen molar-refractivity contribution in [1.29, 1.82) is 0 Å². The fraction of sp³-hybridized carbons (Fsp3) is 0.438. The molecule has 5 nitrogen and oxygen atoms in total. The van der Waals surface area contributed by atoms with Gasteiger partial charge in [0.05, 0.1) is 0 Å². The molecular formula is C16H21BrNO4P. The Balaban J connectivity index is 2.21. The minimum atomic E-state index is -3.30. The van der Waals surface area contributed by atoms with Gasteiger partial charge >= 0.3 is 7.60 Å². The number of nitrogens with zero attached hydrogens (tertiary/aromatic N) is 1. The molecule has 23 heavy (non-hydrogen) atoms. The lowest BCUT2D eigenvalue weighted by Crippen LogP contribution is -2.11. The van der Waals surface area contributed by atoms with Crippen molar-refractivity contribution in [2.24, 2.45) is 7.05 Å². The first-order valence-electron chi connectivity index (χ1n) is 7.26. The molecule has 0 fully saturated rings. The SMILES string of the molecule is COP(=O)(CC(=O)C[C@H](C)c1cn(C)c2ccc(Br)cc12)OC. The molecule has 1 heterocycles. The lowest BCUT2D eigenvalue weighted by atomic mass is 9.96. The molecule has 7 heteroatoms. The molecule has 0 spiro atoms. The summed E-state index contributed by atoms with van der Waals surface area (Å²) in [5.41, 5.74) is 2.21. The monoisotopic (exact) mass is 401 g/mol. The van der Waals surface area contributed by atoms with E-state index >= 15 is 0 Å². The molecule has 0 aliphatic carbocycles. The van der Waals surface area contributed by atoms with Crippen molar-refractivity contribution in [2.75, 3.05) is 20.4 Å². The molecule has 0 aliphatic heterocycles. The van der Waals surface area contributed by atoms with Crippen LogP contribution in [0.1, 0.15) is 24.8 Å². The van der Waals surface area contributed by atoms with Crippen LogP contribution in [0.25, 0.3) is 10.9 Å². The number of carbonyl (C=O) groups excluding carboxylic acids is 1. The number of fused-ring (bicyclic) bond motifs is 1. The summed E-state index contributed by atoms with van der Waals surface area (Å²) in [7, 11) is 1.28. The fourth-order valence-corrected chi connectivity index (χ4v) is 4.05. The van der Waals surface area contributed by atoms with Gasteiger partial charge in [-0.25, -0.2) is 0 Å². The number of aromatic nitrogens is 1. The molecule has 1 atom stereocenters. The van der Waals surface area contributed by atoms with Gasteiger partial charge in [0.1, 0.15) is 11.9 Å². The number of rotatable bonds is 7. The van der Waals surface area contributed by atoms with Gasteiger partial charge in [-0.1, -0.05) is 22.9 Å². The third-order valence-corrected chi connectivity index (χ3v) is 6.32. The van der Waals surface area contributed by atoms with E-state index in [-0.39, 0.29) is 17.9 Å². The molecule has 0 radical (unpaired) electrons. The highest BCUT2D eigenvalue weighted by atomic mass is 79.9. The Morgan fingerprint density at radius 1 is 1.35 bits per heavy atom. The highest BCUT2D eigenvalue weighted by Gasteiger charge is 2.27. The Morgan fingerprint density at radius 2 is 2.00 bits per heavy atom. The molecule has 1 aromatic carbocycles. The zero-order chi connectivity index (χ0) is 17.2. The molecule has 2 aromatic rings. The van der Waals surface area contributed by atoms with Crippen LogP contribution in [0.2, 0.25) is 0 Å². The summed E-state index contributed by atoms with van der Waals surface area (Å²) in [4.78, 5) is 12.2. The highest BCUT2D eigenvalue weighted by Crippen LogP contribution is 2.46. The minimum Gasteiger partial charge on any atom is -0.350 e. The fourth-order valence-electron chi connectivity index (χ4n) is 2.72. The van der Waals surface area contributed by atoms with Crippen LogP contribution in [0, 0.1) is 0 Å². The van der Waals surface area contributed by atoms with E-state index < -0.39 is 7.60 Å². The van der Waals surface area contributed by atoms with Crippen molar-refractivity contribution in [3.05, 3.63) is 34.4 Å². The van der Waals surface area contributed by atoms with Gasteiger partial charge < -0.3 is 13.6 Å². The number of Topliss-reactive ketones (excluding diaryl/α,β-unsaturated/α-hetero) is 1. The maximum absolute atomic E-state index is 12.2. The molecule has 126 valence electrons. The molecule has 0 bridgehead atoms. The second-order valence-corrected chi connectivity index (χ2v) is 8.82. The average Bonchev–Trinajstić information content (AvgIpc) is 2.83. The van der Waals surface area contributed by atoms with Crippen molar-refractivity contribution < 1.29 is 18.4 Å². The van der Waals surface area contributed by atoms with Gasteiger partial charge in [0, 0.05) is 49.3 Å². The number of hydrogen-bond acceptors (Lipinski definition) is 4. The third kappa shape index (κ3) is 4.13. The van der Waals surface area contributed by atoms with Crippen molar-refractivity contribution >= 4 is 40.2 Å². The molecule has 0 aliphatic rings. The van der Waals surface area contributed by atoms with Crippen LogP contribution in [0.4, 0.5) is 0 Å². The Bertz CT molecular complexity index is 763. The summed E-state index contributed by atoms with van der Waals surface area (Å²) < 4.78 is 24.8. The van der Waals surface area contributed by atoms with E-state index in [2.05, 4.69) is 22.0 Å². The van der Waals surface area contributed by atoms with Gasteiger partial charge in [-0.15, -0.1) is 0 Å². The van der Waals surface area contributed by atoms with Gasteiger partial charge in [0.25, 0.3) is 0 Å². The first kappa shape index (κ1) is 18.4. The molecule has 0 unspecified atom stereocenters. The van der Waals surface area contributed by atoms with Gasteiger partial charge in [-0.2, -0.15) is 0 Å². The van der Waals surface area contributed by atoms with Crippen LogP contribution in [-0.2, 0) is 25.5 Å². The third-order valence-electron chi connectivity index (χ3n) is 3.97. The second-order valence-electron chi connectivity index (χ2n) is 5.63. The van der Waals surface area contributed by atoms with Crippen LogP contribution in [-0.4, -0.2) is 30.7 Å². The maximum Gasteiger partial charge on any atom is 0.337 e. The Hall–Kier alpha value is -0.940. The molecule has 0 amide bonds. The summed E-state index contributed by atoms with van der Waals surface area (Å²) in [6, 6.07) is 6.09. The summed E-state index contributed by atoms with van der Waals surface area (Å²) in [5, 5.41) is 1.11. The van der Waals surface area contributed by atoms with Crippen molar-refractivity contribution in [2.45, 2.75) is 19.3 Å². The Labute approximate surface area is 144 Å². The van der Waals surface area contributed by atoms with Gasteiger partial charge in [0.2, 0.25) is 0 Å². The first-order valence-corrected chi connectivity index (χ1v) is 9.78. The number of halogens is 1. The topological polar surface area (TPSA) is 57.5 Å². The summed E-state index contributed by atoms with van der Waals surface area (Å²) in [6.45, 7) is 2.00. The number of aryl methyl sites for hydroxylation is 1. The summed E-state index contributed by atoms with van der Waals surface area (Å²) in [5.74, 6) is -0.112. The number of carbonyl (C=O) groups is 1. The van der Waals surface area contributed by atoms with Crippen molar-refractivity contribution in [3.8, 4) is 0 Å². The molecule has 0 N–H and O–H groups in total. The smallest absolute Gasteiger partial charge is 0.337 e. The molecule has 1 aromatic heterocycles. The minimum absolute atomic E-state index is 0.0164. The van der Waals surface area contributed by atoms with E-state index in [1.165, 1.54) is 14.2 Å². The molecule has 2 rings (SSSR count). The quantitative estimate of drug-likeness (QED) is 0.641. The van der Waals surface area contributed by atoms with E-state index in [0.717, 1.165) is 20.9 Å². The van der Waals surface area contributed by atoms with E-state index in [1.54, 1.807) is 0 Å². The van der Waals surface area contributed by atoms with Gasteiger partial charge in [0.15, 0.2) is 0 Å². The number of benzene rings is 1. The average molecular weight is 402 g/mol. The van der Waals surface area contributed by atoms with Crippen LogP contribution in [0.5, 0.6) is 0 Å². The second kappa shape index (κ2) is 7.31. The normalized spacial score (nSPS) is 13.4. The Kier molecular flexibility index (Phi) is 5.84. The van der Waals surface area contributed by atoms with Gasteiger partial charge in [-0.05, 0) is 29.7 Å². The van der Waals surface area contributed by atoms with E-state index in [4.69, 9.17) is 9.05 Å². The molecule has 0 saturated heterocycles. The zero-order valence-electron chi connectivity index (χ0n) is 13.7. The predicted octanol–water partition coefficient (Wildman–Crippen LogP) is 4.49. The predicted molar refractivity (Wildman–Crippen MR) is 95.1 cm³/mol. The van der Waals surface area contributed by atoms with Crippen molar-refractivity contribution in [3.63, 3.8) is 0 Å². The van der Waals surface area contributed by atoms with E-state index in [0.29, 0.717) is 6.42 Å². The highest BCUT2D eigenvalue weighted by molar-refractivity contribution is 9.10. The Morgan fingerprint density at radius 3 is 2.61 bits per heavy atom.